The van der Waals surface area contributed by atoms with Gasteiger partial charge >= 0.3 is 18.3 Å². The summed E-state index contributed by atoms with van der Waals surface area (Å²) in [5, 5.41) is 0. The number of aryl methyl sites for hydroxylation is 1. The number of hydrogen-bond donors (Lipinski definition) is 0. The van der Waals surface area contributed by atoms with E-state index in [2.05, 4.69) is 4.98 Å². The monoisotopic (exact) mass is 388 g/mol. The van der Waals surface area contributed by atoms with Gasteiger partial charge in [0.05, 0.1) is 34.1 Å². The molecule has 142 valence electrons. The number of ether oxygens (including phenoxy) is 1. The van der Waals surface area contributed by atoms with Crippen LogP contribution in [0, 0.1) is 0 Å². The summed E-state index contributed by atoms with van der Waals surface area (Å²) < 4.78 is 83.9. The maximum absolute atomic E-state index is 12.9. The van der Waals surface area contributed by atoms with E-state index >= 15 is 0 Å². The maximum Gasteiger partial charge on any atom is 0.416 e. The van der Waals surface area contributed by atoms with Crippen LogP contribution >= 0.6 is 0 Å². The minimum absolute atomic E-state index is 0.0582. The Kier molecular flexibility index (Phi) is 4.37. The van der Waals surface area contributed by atoms with Crippen molar-refractivity contribution in [1.29, 1.82) is 0 Å². The van der Waals surface area contributed by atoms with Gasteiger partial charge in [0.15, 0.2) is 0 Å². The van der Waals surface area contributed by atoms with Gasteiger partial charge in [-0.05, 0) is 30.3 Å². The van der Waals surface area contributed by atoms with E-state index in [-0.39, 0.29) is 11.8 Å². The largest absolute Gasteiger partial charge is 0.423 e. The Labute approximate surface area is 148 Å². The van der Waals surface area contributed by atoms with Crippen LogP contribution in [0.4, 0.5) is 26.3 Å². The Hall–Kier alpha value is -3.04. The van der Waals surface area contributed by atoms with Crippen LogP contribution in [0.5, 0.6) is 5.75 Å². The molecule has 3 rings (SSSR count). The second-order valence-corrected chi connectivity index (χ2v) is 5.69. The van der Waals surface area contributed by atoms with E-state index in [0.717, 1.165) is 0 Å². The van der Waals surface area contributed by atoms with Crippen molar-refractivity contribution in [2.75, 3.05) is 0 Å². The number of nitrogens with zero attached hydrogens (tertiary/aromatic N) is 2. The maximum atomic E-state index is 12.9. The van der Waals surface area contributed by atoms with E-state index in [9.17, 15) is 31.1 Å². The van der Waals surface area contributed by atoms with Crippen molar-refractivity contribution in [3.8, 4) is 5.75 Å². The molecule has 3 aromatic rings. The molecule has 1 heterocycles. The second kappa shape index (κ2) is 6.29. The van der Waals surface area contributed by atoms with Gasteiger partial charge in [0, 0.05) is 13.1 Å². The third kappa shape index (κ3) is 3.88. The van der Waals surface area contributed by atoms with Crippen molar-refractivity contribution >= 4 is 17.0 Å². The van der Waals surface area contributed by atoms with Crippen LogP contribution in [-0.4, -0.2) is 15.5 Å². The quantitative estimate of drug-likeness (QED) is 0.359. The summed E-state index contributed by atoms with van der Waals surface area (Å²) in [6.45, 7) is 0. The van der Waals surface area contributed by atoms with Crippen molar-refractivity contribution in [3.05, 3.63) is 59.4 Å². The number of benzene rings is 2. The molecule has 0 spiro atoms. The molecular formula is C17H10F6N2O2. The van der Waals surface area contributed by atoms with E-state index in [0.29, 0.717) is 23.2 Å². The van der Waals surface area contributed by atoms with Crippen LogP contribution in [-0.2, 0) is 19.4 Å². The summed E-state index contributed by atoms with van der Waals surface area (Å²) in [6.07, 6.45) is -8.61. The number of halogens is 6. The van der Waals surface area contributed by atoms with Gasteiger partial charge in [-0.3, -0.25) is 0 Å². The molecule has 0 atom stereocenters. The van der Waals surface area contributed by atoms with Gasteiger partial charge in [-0.15, -0.1) is 0 Å². The first kappa shape index (κ1) is 18.7. The lowest BCUT2D eigenvalue weighted by molar-refractivity contribution is -0.143. The fraction of sp³-hybridized carbons (Fsp3) is 0.176. The Balaban J connectivity index is 1.97. The number of aromatic nitrogens is 2. The SMILES string of the molecule is Cn1cnc2cc(OC(=O)c3cc(C(F)(F)F)cc(C(F)(F)F)c3)ccc21. The topological polar surface area (TPSA) is 44.1 Å². The fourth-order valence-corrected chi connectivity index (χ4v) is 2.42. The van der Waals surface area contributed by atoms with E-state index in [1.165, 1.54) is 18.5 Å². The Morgan fingerprint density at radius 2 is 1.56 bits per heavy atom. The third-order valence-electron chi connectivity index (χ3n) is 3.73. The van der Waals surface area contributed by atoms with E-state index in [1.54, 1.807) is 17.7 Å². The van der Waals surface area contributed by atoms with Gasteiger partial charge in [-0.2, -0.15) is 26.3 Å². The summed E-state index contributed by atoms with van der Waals surface area (Å²) in [4.78, 5) is 16.2. The molecular weight excluding hydrogens is 378 g/mol. The number of esters is 1. The molecule has 0 amide bonds. The lowest BCUT2D eigenvalue weighted by Gasteiger charge is -2.13. The summed E-state index contributed by atoms with van der Waals surface area (Å²) in [6, 6.07) is 4.84. The van der Waals surface area contributed by atoms with Gasteiger partial charge < -0.3 is 9.30 Å². The summed E-state index contributed by atoms with van der Waals surface area (Å²) in [7, 11) is 1.72. The van der Waals surface area contributed by atoms with Crippen molar-refractivity contribution in [1.82, 2.24) is 9.55 Å². The fourth-order valence-electron chi connectivity index (χ4n) is 2.42. The molecule has 1 aromatic heterocycles. The van der Waals surface area contributed by atoms with Gasteiger partial charge in [0.2, 0.25) is 0 Å². The number of carbonyl (C=O) groups is 1. The first-order chi connectivity index (χ1) is 12.4. The van der Waals surface area contributed by atoms with Crippen molar-refractivity contribution < 1.29 is 35.9 Å². The second-order valence-electron chi connectivity index (χ2n) is 5.69. The minimum atomic E-state index is -5.05. The smallest absolute Gasteiger partial charge is 0.416 e. The van der Waals surface area contributed by atoms with Gasteiger partial charge in [-0.1, -0.05) is 0 Å². The molecule has 0 N–H and O–H groups in total. The summed E-state index contributed by atoms with van der Waals surface area (Å²) in [5.41, 5.74) is -2.90. The Morgan fingerprint density at radius 1 is 0.963 bits per heavy atom. The lowest BCUT2D eigenvalue weighted by Crippen LogP contribution is -2.15. The molecule has 0 aliphatic heterocycles. The predicted octanol–water partition coefficient (Wildman–Crippen LogP) is 4.83. The molecule has 0 unspecified atom stereocenters. The van der Waals surface area contributed by atoms with Gasteiger partial charge in [-0.25, -0.2) is 9.78 Å². The van der Waals surface area contributed by atoms with Gasteiger partial charge in [0.25, 0.3) is 0 Å². The minimum Gasteiger partial charge on any atom is -0.423 e. The molecule has 0 saturated heterocycles. The number of fused-ring (bicyclic) bond motifs is 1. The van der Waals surface area contributed by atoms with E-state index in [1.807, 2.05) is 0 Å². The lowest BCUT2D eigenvalue weighted by atomic mass is 10.0. The molecule has 27 heavy (non-hydrogen) atoms. The molecule has 10 heteroatoms. The molecule has 0 bridgehead atoms. The van der Waals surface area contributed by atoms with Crippen LogP contribution in [0.2, 0.25) is 0 Å². The Bertz CT molecular complexity index is 988. The third-order valence-corrected chi connectivity index (χ3v) is 3.73. The first-order valence-corrected chi connectivity index (χ1v) is 7.38. The zero-order chi connectivity index (χ0) is 20.0. The number of alkyl halides is 6. The average Bonchev–Trinajstić information content (AvgIpc) is 2.93. The zero-order valence-corrected chi connectivity index (χ0v) is 13.5. The number of carbonyl (C=O) groups excluding carboxylic acids is 1. The van der Waals surface area contributed by atoms with Crippen molar-refractivity contribution in [2.24, 2.45) is 7.05 Å². The van der Waals surface area contributed by atoms with Crippen LogP contribution < -0.4 is 4.74 Å². The molecule has 2 aromatic carbocycles. The normalized spacial score (nSPS) is 12.4. The number of hydrogen-bond acceptors (Lipinski definition) is 3. The summed E-state index contributed by atoms with van der Waals surface area (Å²) in [5.74, 6) is -1.40. The van der Waals surface area contributed by atoms with Crippen LogP contribution in [0.1, 0.15) is 21.5 Å². The van der Waals surface area contributed by atoms with Crippen molar-refractivity contribution in [2.45, 2.75) is 12.4 Å². The molecule has 0 aliphatic rings. The van der Waals surface area contributed by atoms with Crippen molar-refractivity contribution in [3.63, 3.8) is 0 Å². The highest BCUT2D eigenvalue weighted by Gasteiger charge is 2.37. The number of imidazole rings is 1. The van der Waals surface area contributed by atoms with E-state index < -0.39 is 35.0 Å². The van der Waals surface area contributed by atoms with Crippen LogP contribution in [0.3, 0.4) is 0 Å². The van der Waals surface area contributed by atoms with Crippen LogP contribution in [0.15, 0.2) is 42.7 Å². The van der Waals surface area contributed by atoms with Crippen LogP contribution in [0.25, 0.3) is 11.0 Å². The summed E-state index contributed by atoms with van der Waals surface area (Å²) >= 11 is 0. The highest BCUT2D eigenvalue weighted by molar-refractivity contribution is 5.92. The average molecular weight is 388 g/mol. The zero-order valence-electron chi connectivity index (χ0n) is 13.5. The standard InChI is InChI=1S/C17H10F6N2O2/c1-25-8-24-13-7-12(2-3-14(13)25)27-15(26)9-4-10(16(18,19)20)6-11(5-9)17(21,22)23/h2-8H,1H3. The molecule has 4 nitrogen and oxygen atoms in total. The molecule has 0 radical (unpaired) electrons. The molecule has 0 aliphatic carbocycles. The van der Waals surface area contributed by atoms with E-state index in [4.69, 9.17) is 4.74 Å². The molecule has 0 fully saturated rings. The predicted molar refractivity (Wildman–Crippen MR) is 82.1 cm³/mol. The highest BCUT2D eigenvalue weighted by Crippen LogP contribution is 2.36. The van der Waals surface area contributed by atoms with Gasteiger partial charge in [0.1, 0.15) is 5.75 Å². The highest BCUT2D eigenvalue weighted by atomic mass is 19.4. The number of rotatable bonds is 2. The first-order valence-electron chi connectivity index (χ1n) is 7.38. The molecule has 0 saturated carbocycles. The Morgan fingerprint density at radius 3 is 2.11 bits per heavy atom.